The molecule has 0 saturated heterocycles. The summed E-state index contributed by atoms with van der Waals surface area (Å²) in [5.74, 6) is 5.79. The second-order valence-corrected chi connectivity index (χ2v) is 3.91. The van der Waals surface area contributed by atoms with Gasteiger partial charge in [-0.1, -0.05) is 31.0 Å². The summed E-state index contributed by atoms with van der Waals surface area (Å²) in [4.78, 5) is 11.8. The fraction of sp³-hybridized carbons (Fsp3) is 0.357. The second kappa shape index (κ2) is 5.03. The Hall–Kier alpha value is -1.79. The summed E-state index contributed by atoms with van der Waals surface area (Å²) < 4.78 is 10.7. The molecular formula is C14H14O3. The Morgan fingerprint density at radius 3 is 2.94 bits per heavy atom. The van der Waals surface area contributed by atoms with Gasteiger partial charge in [0.25, 0.3) is 0 Å². The summed E-state index contributed by atoms with van der Waals surface area (Å²) in [5, 5.41) is 0. The van der Waals surface area contributed by atoms with Crippen LogP contribution in [0, 0.1) is 11.8 Å². The predicted molar refractivity (Wildman–Crippen MR) is 63.7 cm³/mol. The Morgan fingerprint density at radius 2 is 2.18 bits per heavy atom. The number of ether oxygens (including phenoxy) is 2. The number of hydrogen-bond donors (Lipinski definition) is 0. The number of carbonyl (C=O) groups is 1. The van der Waals surface area contributed by atoms with E-state index in [0.29, 0.717) is 5.75 Å². The zero-order valence-electron chi connectivity index (χ0n) is 9.90. The first-order valence-corrected chi connectivity index (χ1v) is 5.56. The van der Waals surface area contributed by atoms with Crippen molar-refractivity contribution in [2.45, 2.75) is 25.9 Å². The van der Waals surface area contributed by atoms with Crippen LogP contribution >= 0.6 is 0 Å². The minimum atomic E-state index is -0.564. The number of para-hydroxylation sites is 1. The summed E-state index contributed by atoms with van der Waals surface area (Å²) in [6, 6.07) is 7.53. The largest absolute Gasteiger partial charge is 0.424 e. The highest BCUT2D eigenvalue weighted by molar-refractivity contribution is 5.81. The van der Waals surface area contributed by atoms with Gasteiger partial charge in [0.05, 0.1) is 0 Å². The molecule has 0 saturated carbocycles. The summed E-state index contributed by atoms with van der Waals surface area (Å²) in [7, 11) is 0. The Labute approximate surface area is 101 Å². The minimum Gasteiger partial charge on any atom is -0.424 e. The van der Waals surface area contributed by atoms with E-state index in [2.05, 4.69) is 11.8 Å². The van der Waals surface area contributed by atoms with Crippen LogP contribution in [-0.4, -0.2) is 18.7 Å². The third kappa shape index (κ3) is 2.32. The lowest BCUT2D eigenvalue weighted by Gasteiger charge is -2.28. The Morgan fingerprint density at radius 1 is 1.41 bits per heavy atom. The molecule has 2 unspecified atom stereocenters. The van der Waals surface area contributed by atoms with Crippen molar-refractivity contribution in [1.82, 2.24) is 0 Å². The topological polar surface area (TPSA) is 35.5 Å². The summed E-state index contributed by atoms with van der Waals surface area (Å²) in [6.07, 6.45) is -0.564. The minimum absolute atomic E-state index is 0.00824. The molecule has 0 aromatic heterocycles. The van der Waals surface area contributed by atoms with Gasteiger partial charge in [-0.2, -0.15) is 0 Å². The highest BCUT2D eigenvalue weighted by Gasteiger charge is 2.35. The number of carbonyl (C=O) groups excluding carboxylic acids is 1. The average Bonchev–Trinajstić information content (AvgIpc) is 2.33. The quantitative estimate of drug-likeness (QED) is 0.443. The molecule has 2 rings (SSSR count). The van der Waals surface area contributed by atoms with Crippen LogP contribution in [0.25, 0.3) is 0 Å². The molecule has 1 aliphatic rings. The lowest BCUT2D eigenvalue weighted by molar-refractivity contribution is -0.149. The normalized spacial score (nSPS) is 22.1. The van der Waals surface area contributed by atoms with Gasteiger partial charge in [-0.3, -0.25) is 0 Å². The number of esters is 1. The molecule has 88 valence electrons. The Kier molecular flexibility index (Phi) is 3.46. The maximum atomic E-state index is 11.8. The molecule has 0 fully saturated rings. The maximum absolute atomic E-state index is 11.8. The first-order chi connectivity index (χ1) is 8.24. The van der Waals surface area contributed by atoms with E-state index in [9.17, 15) is 4.79 Å². The average molecular weight is 230 g/mol. The molecule has 2 atom stereocenters. The molecule has 1 aliphatic heterocycles. The van der Waals surface area contributed by atoms with Crippen LogP contribution in [-0.2, 0) is 9.53 Å². The first-order valence-electron chi connectivity index (χ1n) is 5.56. The molecule has 1 aromatic rings. The van der Waals surface area contributed by atoms with E-state index in [-0.39, 0.29) is 18.5 Å². The summed E-state index contributed by atoms with van der Waals surface area (Å²) >= 11 is 0. The molecule has 0 radical (unpaired) electrons. The van der Waals surface area contributed by atoms with Crippen molar-refractivity contribution >= 4 is 5.97 Å². The fourth-order valence-electron chi connectivity index (χ4n) is 1.90. The third-order valence-electron chi connectivity index (χ3n) is 2.82. The van der Waals surface area contributed by atoms with Crippen LogP contribution < -0.4 is 4.74 Å². The van der Waals surface area contributed by atoms with Crippen LogP contribution in [0.15, 0.2) is 24.3 Å². The molecule has 3 nitrogen and oxygen atoms in total. The van der Waals surface area contributed by atoms with Crippen molar-refractivity contribution in [1.29, 1.82) is 0 Å². The van der Waals surface area contributed by atoms with Gasteiger partial charge in [-0.15, -0.1) is 5.92 Å². The summed E-state index contributed by atoms with van der Waals surface area (Å²) in [6.45, 7) is 3.95. The van der Waals surface area contributed by atoms with Gasteiger partial charge in [0.1, 0.15) is 12.4 Å². The van der Waals surface area contributed by atoms with Gasteiger partial charge in [0.2, 0.25) is 0 Å². The third-order valence-corrected chi connectivity index (χ3v) is 2.82. The monoisotopic (exact) mass is 230 g/mol. The molecule has 17 heavy (non-hydrogen) atoms. The number of benzene rings is 1. The van der Waals surface area contributed by atoms with Crippen molar-refractivity contribution in [3.63, 3.8) is 0 Å². The molecule has 0 N–H and O–H groups in total. The highest BCUT2D eigenvalue weighted by atomic mass is 16.6. The van der Waals surface area contributed by atoms with Gasteiger partial charge >= 0.3 is 5.97 Å². The molecule has 0 bridgehead atoms. The zero-order chi connectivity index (χ0) is 12.3. The van der Waals surface area contributed by atoms with Crippen molar-refractivity contribution in [2.75, 3.05) is 6.61 Å². The van der Waals surface area contributed by atoms with Crippen LogP contribution in [0.4, 0.5) is 0 Å². The first kappa shape index (κ1) is 11.7. The highest BCUT2D eigenvalue weighted by Crippen LogP contribution is 2.34. The SMILES string of the molecule is CC#CCOC1C(=O)Oc2ccccc2C1C. The standard InChI is InChI=1S/C14H14O3/c1-3-4-9-16-13-10(2)11-7-5-6-8-12(11)17-14(13)15/h5-8,10,13H,9H2,1-2H3. The van der Waals surface area contributed by atoms with Crippen LogP contribution in [0.5, 0.6) is 5.75 Å². The Balaban J connectivity index is 2.20. The van der Waals surface area contributed by atoms with Crippen LogP contribution in [0.2, 0.25) is 0 Å². The molecular weight excluding hydrogens is 216 g/mol. The zero-order valence-corrected chi connectivity index (χ0v) is 9.90. The molecule has 0 amide bonds. The van der Waals surface area contributed by atoms with Gasteiger partial charge in [0.15, 0.2) is 6.10 Å². The number of fused-ring (bicyclic) bond motifs is 1. The second-order valence-electron chi connectivity index (χ2n) is 3.91. The lowest BCUT2D eigenvalue weighted by atomic mass is 9.92. The van der Waals surface area contributed by atoms with E-state index < -0.39 is 6.10 Å². The van der Waals surface area contributed by atoms with Crippen molar-refractivity contribution in [3.8, 4) is 17.6 Å². The van der Waals surface area contributed by atoms with Crippen molar-refractivity contribution in [2.24, 2.45) is 0 Å². The number of rotatable bonds is 2. The Bertz CT molecular complexity index is 482. The van der Waals surface area contributed by atoms with E-state index in [1.807, 2.05) is 25.1 Å². The van der Waals surface area contributed by atoms with Gasteiger partial charge in [-0.25, -0.2) is 4.79 Å². The smallest absolute Gasteiger partial charge is 0.341 e. The van der Waals surface area contributed by atoms with E-state index in [1.54, 1.807) is 13.0 Å². The molecule has 0 spiro atoms. The van der Waals surface area contributed by atoms with Crippen LogP contribution in [0.3, 0.4) is 0 Å². The van der Waals surface area contributed by atoms with Gasteiger partial charge in [-0.05, 0) is 13.0 Å². The maximum Gasteiger partial charge on any atom is 0.341 e. The van der Waals surface area contributed by atoms with E-state index in [1.165, 1.54) is 0 Å². The molecule has 1 aromatic carbocycles. The van der Waals surface area contributed by atoms with Crippen LogP contribution in [0.1, 0.15) is 25.3 Å². The van der Waals surface area contributed by atoms with Gasteiger partial charge < -0.3 is 9.47 Å². The molecule has 1 heterocycles. The lowest BCUT2D eigenvalue weighted by Crippen LogP contribution is -2.37. The van der Waals surface area contributed by atoms with Gasteiger partial charge in [0, 0.05) is 11.5 Å². The molecule has 0 aliphatic carbocycles. The van der Waals surface area contributed by atoms with E-state index in [0.717, 1.165) is 5.56 Å². The van der Waals surface area contributed by atoms with E-state index >= 15 is 0 Å². The number of hydrogen-bond acceptors (Lipinski definition) is 3. The van der Waals surface area contributed by atoms with Crippen molar-refractivity contribution < 1.29 is 14.3 Å². The predicted octanol–water partition coefficient (Wildman–Crippen LogP) is 2.12. The van der Waals surface area contributed by atoms with E-state index in [4.69, 9.17) is 9.47 Å². The summed E-state index contributed by atoms with van der Waals surface area (Å²) in [5.41, 5.74) is 1.00. The fourth-order valence-corrected chi connectivity index (χ4v) is 1.90. The molecule has 3 heteroatoms. The van der Waals surface area contributed by atoms with Crippen molar-refractivity contribution in [3.05, 3.63) is 29.8 Å².